The molecule has 2 aromatic heterocycles. The molecule has 10 heteroatoms. The minimum atomic E-state index is -0.559. The average Bonchev–Trinajstić information content (AvgIpc) is 2.92. The van der Waals surface area contributed by atoms with E-state index in [9.17, 15) is 4.79 Å². The maximum atomic E-state index is 15.2. The smallest absolute Gasteiger partial charge is 0.257 e. The molecule has 0 aliphatic rings. The number of halogens is 1. The lowest BCUT2D eigenvalue weighted by Crippen LogP contribution is -2.28. The number of pyridine rings is 1. The topological polar surface area (TPSA) is 92.7 Å². The molecule has 0 unspecified atom stereocenters. The molecule has 1 amide bonds. The van der Waals surface area contributed by atoms with Gasteiger partial charge < -0.3 is 19.7 Å². The monoisotopic (exact) mass is 518 g/mol. The Morgan fingerprint density at radius 2 is 1.68 bits per heavy atom. The van der Waals surface area contributed by atoms with Crippen molar-refractivity contribution in [1.82, 2.24) is 24.8 Å². The fraction of sp³-hybridized carbons (Fsp3) is 0.286. The van der Waals surface area contributed by atoms with Crippen LogP contribution in [0.5, 0.6) is 11.5 Å². The molecule has 0 aliphatic carbocycles. The van der Waals surface area contributed by atoms with Gasteiger partial charge in [0.2, 0.25) is 0 Å². The molecule has 198 valence electrons. The number of aromatic nitrogens is 3. The summed E-state index contributed by atoms with van der Waals surface area (Å²) in [5.41, 5.74) is 3.18. The molecule has 0 aliphatic heterocycles. The van der Waals surface area contributed by atoms with Gasteiger partial charge in [0.25, 0.3) is 5.91 Å². The molecule has 9 nitrogen and oxygen atoms in total. The molecule has 0 saturated carbocycles. The quantitative estimate of drug-likeness (QED) is 0.336. The van der Waals surface area contributed by atoms with E-state index >= 15 is 4.39 Å². The summed E-state index contributed by atoms with van der Waals surface area (Å²) in [5.74, 6) is -0.464. The van der Waals surface area contributed by atoms with E-state index in [1.165, 1.54) is 32.7 Å². The number of carbonyl (C=O) groups excluding carboxylic acids is 1. The molecule has 0 atom stereocenters. The molecule has 0 bridgehead atoms. The molecular weight excluding hydrogens is 487 g/mol. The summed E-state index contributed by atoms with van der Waals surface area (Å²) in [6.45, 7) is 2.58. The van der Waals surface area contributed by atoms with Gasteiger partial charge in [-0.25, -0.2) is 4.39 Å². The Bertz CT molecular complexity index is 1430. The van der Waals surface area contributed by atoms with E-state index in [0.717, 1.165) is 18.8 Å². The Labute approximate surface area is 221 Å². The Kier molecular flexibility index (Phi) is 8.45. The molecule has 4 rings (SSSR count). The number of amides is 1. The first-order valence-electron chi connectivity index (χ1n) is 12.1. The number of carbonyl (C=O) groups is 1. The van der Waals surface area contributed by atoms with E-state index < -0.39 is 5.82 Å². The number of nitrogens with one attached hydrogen (secondary N) is 1. The van der Waals surface area contributed by atoms with E-state index in [1.807, 2.05) is 33.3 Å². The molecule has 2 heterocycles. The van der Waals surface area contributed by atoms with Crippen molar-refractivity contribution in [3.05, 3.63) is 72.1 Å². The summed E-state index contributed by atoms with van der Waals surface area (Å²) < 4.78 is 25.7. The van der Waals surface area contributed by atoms with Crippen molar-refractivity contribution < 1.29 is 18.7 Å². The van der Waals surface area contributed by atoms with E-state index in [4.69, 9.17) is 9.47 Å². The Balaban J connectivity index is 1.59. The first-order chi connectivity index (χ1) is 18.3. The van der Waals surface area contributed by atoms with Crippen molar-refractivity contribution >= 4 is 22.6 Å². The van der Waals surface area contributed by atoms with Gasteiger partial charge in [0.15, 0.2) is 11.6 Å². The minimum absolute atomic E-state index is 0.0399. The fourth-order valence-electron chi connectivity index (χ4n) is 4.01. The number of benzene rings is 2. The second-order valence-electron chi connectivity index (χ2n) is 9.14. The third kappa shape index (κ3) is 6.04. The number of nitrogens with zero attached hydrogens (tertiary/aromatic N) is 5. The molecular formula is C28H31FN6O3. The highest BCUT2D eigenvalue weighted by Crippen LogP contribution is 2.37. The molecule has 0 radical (unpaired) electrons. The van der Waals surface area contributed by atoms with Crippen LogP contribution in [0.3, 0.4) is 0 Å². The average molecular weight is 519 g/mol. The standard InChI is InChI=1S/C28H31FN6O3/c1-34(2)12-13-35(3)17-19-7-6-18(16-32-19)33-28(36)22-9-8-21(26-27(22)31-11-10-30-26)23-14-20(37-4)15-24(38-5)25(23)29/h6-11,14-16H,12-13,17H2,1-5H3,(H,33,36). The summed E-state index contributed by atoms with van der Waals surface area (Å²) in [6, 6.07) is 9.99. The largest absolute Gasteiger partial charge is 0.497 e. The fourth-order valence-corrected chi connectivity index (χ4v) is 4.01. The van der Waals surface area contributed by atoms with Gasteiger partial charge in [0.05, 0.1) is 42.9 Å². The summed E-state index contributed by atoms with van der Waals surface area (Å²) >= 11 is 0. The zero-order valence-corrected chi connectivity index (χ0v) is 22.2. The van der Waals surface area contributed by atoms with Crippen molar-refractivity contribution in [3.63, 3.8) is 0 Å². The van der Waals surface area contributed by atoms with Crippen molar-refractivity contribution in [2.45, 2.75) is 6.54 Å². The first kappa shape index (κ1) is 26.9. The van der Waals surface area contributed by atoms with E-state index in [2.05, 4.69) is 30.1 Å². The summed E-state index contributed by atoms with van der Waals surface area (Å²) in [5, 5.41) is 2.87. The van der Waals surface area contributed by atoms with Crippen LogP contribution < -0.4 is 14.8 Å². The highest BCUT2D eigenvalue weighted by molar-refractivity contribution is 6.13. The van der Waals surface area contributed by atoms with Crippen molar-refractivity contribution in [1.29, 1.82) is 0 Å². The lowest BCUT2D eigenvalue weighted by atomic mass is 9.99. The SMILES string of the molecule is COc1cc(OC)c(F)c(-c2ccc(C(=O)Nc3ccc(CN(C)CCN(C)C)nc3)c3nccnc23)c1. The number of anilines is 1. The molecule has 0 saturated heterocycles. The Morgan fingerprint density at radius 3 is 2.34 bits per heavy atom. The van der Waals surface area contributed by atoms with Crippen LogP contribution in [0, 0.1) is 5.82 Å². The van der Waals surface area contributed by atoms with Gasteiger partial charge in [0, 0.05) is 49.2 Å². The van der Waals surface area contributed by atoms with Crippen molar-refractivity contribution in [2.75, 3.05) is 53.8 Å². The van der Waals surface area contributed by atoms with E-state index in [1.54, 1.807) is 24.4 Å². The van der Waals surface area contributed by atoms with Gasteiger partial charge in [-0.3, -0.25) is 24.6 Å². The zero-order chi connectivity index (χ0) is 27.2. The van der Waals surface area contributed by atoms with Crippen LogP contribution in [0.25, 0.3) is 22.2 Å². The van der Waals surface area contributed by atoms with Gasteiger partial charge in [-0.1, -0.05) is 6.07 Å². The second-order valence-corrected chi connectivity index (χ2v) is 9.14. The normalized spacial score (nSPS) is 11.3. The van der Waals surface area contributed by atoms with Crippen LogP contribution in [-0.4, -0.2) is 79.1 Å². The van der Waals surface area contributed by atoms with Crippen LogP contribution in [0.1, 0.15) is 16.1 Å². The van der Waals surface area contributed by atoms with Gasteiger partial charge in [0.1, 0.15) is 11.3 Å². The van der Waals surface area contributed by atoms with E-state index in [0.29, 0.717) is 40.1 Å². The molecule has 1 N–H and O–H groups in total. The third-order valence-electron chi connectivity index (χ3n) is 6.07. The molecule has 2 aromatic carbocycles. The van der Waals surface area contributed by atoms with Crippen LogP contribution >= 0.6 is 0 Å². The summed E-state index contributed by atoms with van der Waals surface area (Å²) in [4.78, 5) is 30.8. The van der Waals surface area contributed by atoms with Crippen molar-refractivity contribution in [3.8, 4) is 22.6 Å². The molecule has 4 aromatic rings. The number of methoxy groups -OCH3 is 2. The maximum Gasteiger partial charge on any atom is 0.257 e. The molecule has 0 fully saturated rings. The number of rotatable bonds is 10. The number of fused-ring (bicyclic) bond motifs is 1. The highest BCUT2D eigenvalue weighted by Gasteiger charge is 2.20. The van der Waals surface area contributed by atoms with Crippen LogP contribution in [-0.2, 0) is 6.54 Å². The Hall–Kier alpha value is -4.15. The molecule has 38 heavy (non-hydrogen) atoms. The van der Waals surface area contributed by atoms with Crippen molar-refractivity contribution in [2.24, 2.45) is 0 Å². The molecule has 0 spiro atoms. The van der Waals surface area contributed by atoms with E-state index in [-0.39, 0.29) is 17.2 Å². The van der Waals surface area contributed by atoms with Gasteiger partial charge in [-0.15, -0.1) is 0 Å². The lowest BCUT2D eigenvalue weighted by Gasteiger charge is -2.19. The number of hydrogen-bond donors (Lipinski definition) is 1. The maximum absolute atomic E-state index is 15.2. The predicted octanol–water partition coefficient (Wildman–Crippen LogP) is 4.09. The lowest BCUT2D eigenvalue weighted by molar-refractivity contribution is 0.102. The van der Waals surface area contributed by atoms with Gasteiger partial charge >= 0.3 is 0 Å². The minimum Gasteiger partial charge on any atom is -0.497 e. The number of ether oxygens (including phenoxy) is 2. The summed E-state index contributed by atoms with van der Waals surface area (Å²) in [6.07, 6.45) is 4.63. The number of hydrogen-bond acceptors (Lipinski definition) is 8. The van der Waals surface area contributed by atoms with Crippen LogP contribution in [0.15, 0.2) is 55.0 Å². The van der Waals surface area contributed by atoms with Crippen LogP contribution in [0.2, 0.25) is 0 Å². The Morgan fingerprint density at radius 1 is 0.921 bits per heavy atom. The van der Waals surface area contributed by atoms with Gasteiger partial charge in [-0.2, -0.15) is 0 Å². The third-order valence-corrected chi connectivity index (χ3v) is 6.07. The highest BCUT2D eigenvalue weighted by atomic mass is 19.1. The van der Waals surface area contributed by atoms with Crippen LogP contribution in [0.4, 0.5) is 10.1 Å². The second kappa shape index (κ2) is 11.9. The van der Waals surface area contributed by atoms with Gasteiger partial charge in [-0.05, 0) is 45.4 Å². The zero-order valence-electron chi connectivity index (χ0n) is 22.2. The predicted molar refractivity (Wildman–Crippen MR) is 145 cm³/mol. The summed E-state index contributed by atoms with van der Waals surface area (Å²) in [7, 11) is 9.01. The first-order valence-corrected chi connectivity index (χ1v) is 12.1. The number of likely N-dealkylation sites (N-methyl/N-ethyl adjacent to an activating group) is 2.